The maximum atomic E-state index is 12.2. The molecule has 6 nitrogen and oxygen atoms in total. The van der Waals surface area contributed by atoms with Gasteiger partial charge in [-0.05, 0) is 60.9 Å². The SMILES string of the molecule is COc1cc(/C=C2\N=C(c3ccc(C)c(C)c3)OC2=O)ccc1OC(C)=O. The van der Waals surface area contributed by atoms with Crippen LogP contribution >= 0.6 is 0 Å². The first kappa shape index (κ1) is 18.4. The Morgan fingerprint density at radius 1 is 1.07 bits per heavy atom. The molecule has 0 radical (unpaired) electrons. The summed E-state index contributed by atoms with van der Waals surface area (Å²) in [4.78, 5) is 27.6. The maximum absolute atomic E-state index is 12.2. The summed E-state index contributed by atoms with van der Waals surface area (Å²) >= 11 is 0. The molecule has 138 valence electrons. The van der Waals surface area contributed by atoms with Gasteiger partial charge in [0.15, 0.2) is 17.2 Å². The number of aryl methyl sites for hydroxylation is 2. The summed E-state index contributed by atoms with van der Waals surface area (Å²) in [5, 5.41) is 0. The van der Waals surface area contributed by atoms with Crippen molar-refractivity contribution in [2.75, 3.05) is 7.11 Å². The Bertz CT molecular complexity index is 988. The van der Waals surface area contributed by atoms with E-state index in [2.05, 4.69) is 4.99 Å². The van der Waals surface area contributed by atoms with Crippen molar-refractivity contribution in [3.05, 3.63) is 64.3 Å². The van der Waals surface area contributed by atoms with Crippen LogP contribution in [-0.2, 0) is 14.3 Å². The molecular weight excluding hydrogens is 346 g/mol. The molecule has 2 aromatic rings. The average Bonchev–Trinajstić information content (AvgIpc) is 2.99. The van der Waals surface area contributed by atoms with Crippen LogP contribution in [-0.4, -0.2) is 24.9 Å². The van der Waals surface area contributed by atoms with E-state index >= 15 is 0 Å². The van der Waals surface area contributed by atoms with Crippen molar-refractivity contribution < 1.29 is 23.8 Å². The highest BCUT2D eigenvalue weighted by atomic mass is 16.6. The zero-order valence-electron chi connectivity index (χ0n) is 15.5. The predicted molar refractivity (Wildman–Crippen MR) is 101 cm³/mol. The molecule has 2 aromatic carbocycles. The molecular formula is C21H19NO5. The first-order valence-corrected chi connectivity index (χ1v) is 8.34. The summed E-state index contributed by atoms with van der Waals surface area (Å²) in [5.74, 6) is -0.00439. The third kappa shape index (κ3) is 4.06. The summed E-state index contributed by atoms with van der Waals surface area (Å²) in [6, 6.07) is 10.7. The average molecular weight is 365 g/mol. The number of nitrogens with zero attached hydrogens (tertiary/aromatic N) is 1. The monoisotopic (exact) mass is 365 g/mol. The quantitative estimate of drug-likeness (QED) is 0.470. The summed E-state index contributed by atoms with van der Waals surface area (Å²) in [6.07, 6.45) is 1.59. The minimum atomic E-state index is -0.522. The molecule has 0 fully saturated rings. The van der Waals surface area contributed by atoms with Crippen LogP contribution in [0.4, 0.5) is 0 Å². The van der Waals surface area contributed by atoms with E-state index in [1.54, 1.807) is 24.3 Å². The van der Waals surface area contributed by atoms with Gasteiger partial charge in [-0.15, -0.1) is 0 Å². The fourth-order valence-electron chi connectivity index (χ4n) is 2.58. The van der Waals surface area contributed by atoms with Crippen molar-refractivity contribution in [3.8, 4) is 11.5 Å². The van der Waals surface area contributed by atoms with Crippen LogP contribution in [0.15, 0.2) is 47.1 Å². The Morgan fingerprint density at radius 2 is 1.85 bits per heavy atom. The summed E-state index contributed by atoms with van der Waals surface area (Å²) in [7, 11) is 1.47. The summed E-state index contributed by atoms with van der Waals surface area (Å²) < 4.78 is 15.6. The summed E-state index contributed by atoms with van der Waals surface area (Å²) in [5.41, 5.74) is 3.84. The number of carbonyl (C=O) groups excluding carboxylic acids is 2. The van der Waals surface area contributed by atoms with Gasteiger partial charge in [-0.2, -0.15) is 0 Å². The van der Waals surface area contributed by atoms with Gasteiger partial charge in [0.25, 0.3) is 0 Å². The van der Waals surface area contributed by atoms with E-state index in [4.69, 9.17) is 14.2 Å². The van der Waals surface area contributed by atoms with Crippen LogP contribution in [0.25, 0.3) is 6.08 Å². The van der Waals surface area contributed by atoms with Crippen molar-refractivity contribution in [1.82, 2.24) is 0 Å². The Morgan fingerprint density at radius 3 is 2.52 bits per heavy atom. The molecule has 0 N–H and O–H groups in total. The van der Waals surface area contributed by atoms with Crippen molar-refractivity contribution >= 4 is 23.9 Å². The number of aliphatic imine (C=N–C) groups is 1. The van der Waals surface area contributed by atoms with E-state index in [-0.39, 0.29) is 11.6 Å². The number of methoxy groups -OCH3 is 1. The minimum Gasteiger partial charge on any atom is -0.493 e. The van der Waals surface area contributed by atoms with Gasteiger partial charge in [-0.25, -0.2) is 9.79 Å². The highest BCUT2D eigenvalue weighted by molar-refractivity contribution is 6.12. The highest BCUT2D eigenvalue weighted by Crippen LogP contribution is 2.30. The van der Waals surface area contributed by atoms with Crippen molar-refractivity contribution in [1.29, 1.82) is 0 Å². The molecule has 1 aliphatic heterocycles. The van der Waals surface area contributed by atoms with Crippen LogP contribution in [0.3, 0.4) is 0 Å². The van der Waals surface area contributed by atoms with Crippen LogP contribution in [0.1, 0.15) is 29.2 Å². The van der Waals surface area contributed by atoms with Crippen LogP contribution in [0, 0.1) is 13.8 Å². The van der Waals surface area contributed by atoms with E-state index in [0.29, 0.717) is 17.1 Å². The van der Waals surface area contributed by atoms with Gasteiger partial charge in [0.05, 0.1) is 7.11 Å². The van der Waals surface area contributed by atoms with Crippen molar-refractivity contribution in [3.63, 3.8) is 0 Å². The number of esters is 2. The van der Waals surface area contributed by atoms with Crippen LogP contribution in [0.5, 0.6) is 11.5 Å². The third-order valence-corrected chi connectivity index (χ3v) is 4.12. The second-order valence-electron chi connectivity index (χ2n) is 6.14. The van der Waals surface area contributed by atoms with Gasteiger partial charge in [0.2, 0.25) is 5.90 Å². The Balaban J connectivity index is 1.92. The molecule has 6 heteroatoms. The van der Waals surface area contributed by atoms with Gasteiger partial charge in [-0.3, -0.25) is 4.79 Å². The van der Waals surface area contributed by atoms with Crippen LogP contribution < -0.4 is 9.47 Å². The standard InChI is InChI=1S/C21H19NO5/c1-12-5-7-16(9-13(12)2)20-22-17(21(24)27-20)10-15-6-8-18(26-14(3)23)19(11-15)25-4/h5-11H,1-4H3/b17-10-. The fourth-order valence-corrected chi connectivity index (χ4v) is 2.58. The molecule has 0 saturated heterocycles. The van der Waals surface area contributed by atoms with E-state index in [1.807, 2.05) is 32.0 Å². The molecule has 0 atom stereocenters. The number of ether oxygens (including phenoxy) is 3. The van der Waals surface area contributed by atoms with Gasteiger partial charge in [0.1, 0.15) is 0 Å². The maximum Gasteiger partial charge on any atom is 0.363 e. The van der Waals surface area contributed by atoms with Crippen molar-refractivity contribution in [2.24, 2.45) is 4.99 Å². The van der Waals surface area contributed by atoms with E-state index < -0.39 is 11.9 Å². The Labute approximate surface area is 157 Å². The second-order valence-corrected chi connectivity index (χ2v) is 6.14. The molecule has 0 spiro atoms. The second kappa shape index (κ2) is 7.45. The lowest BCUT2D eigenvalue weighted by Gasteiger charge is -2.08. The number of cyclic esters (lactones) is 1. The summed E-state index contributed by atoms with van der Waals surface area (Å²) in [6.45, 7) is 5.32. The van der Waals surface area contributed by atoms with Crippen LogP contribution in [0.2, 0.25) is 0 Å². The van der Waals surface area contributed by atoms with Crippen molar-refractivity contribution in [2.45, 2.75) is 20.8 Å². The predicted octanol–water partition coefficient (Wildman–Crippen LogP) is 3.58. The number of rotatable bonds is 4. The van der Waals surface area contributed by atoms with Gasteiger partial charge < -0.3 is 14.2 Å². The molecule has 1 aliphatic rings. The molecule has 0 aromatic heterocycles. The number of carbonyl (C=O) groups is 2. The van der Waals surface area contributed by atoms with Gasteiger partial charge >= 0.3 is 11.9 Å². The molecule has 0 aliphatic carbocycles. The number of hydrogen-bond acceptors (Lipinski definition) is 6. The number of hydrogen-bond donors (Lipinski definition) is 0. The lowest BCUT2D eigenvalue weighted by molar-refractivity contribution is -0.132. The smallest absolute Gasteiger partial charge is 0.363 e. The number of benzene rings is 2. The first-order valence-electron chi connectivity index (χ1n) is 8.34. The van der Waals surface area contributed by atoms with Gasteiger partial charge in [-0.1, -0.05) is 12.1 Å². The van der Waals surface area contributed by atoms with E-state index in [1.165, 1.54) is 14.0 Å². The van der Waals surface area contributed by atoms with E-state index in [0.717, 1.165) is 16.7 Å². The lowest BCUT2D eigenvalue weighted by Crippen LogP contribution is -2.05. The zero-order chi connectivity index (χ0) is 19.6. The molecule has 0 saturated carbocycles. The first-order chi connectivity index (χ1) is 12.9. The zero-order valence-corrected chi connectivity index (χ0v) is 15.5. The molecule has 0 unspecified atom stereocenters. The largest absolute Gasteiger partial charge is 0.493 e. The minimum absolute atomic E-state index is 0.186. The fraction of sp³-hybridized carbons (Fsp3) is 0.190. The molecule has 27 heavy (non-hydrogen) atoms. The molecule has 3 rings (SSSR count). The molecule has 0 amide bonds. The van der Waals surface area contributed by atoms with Gasteiger partial charge in [0, 0.05) is 12.5 Å². The third-order valence-electron chi connectivity index (χ3n) is 4.12. The lowest BCUT2D eigenvalue weighted by atomic mass is 10.1. The Hall–Kier alpha value is -3.41. The Kier molecular flexibility index (Phi) is 5.07. The van der Waals surface area contributed by atoms with E-state index in [9.17, 15) is 9.59 Å². The molecule has 0 bridgehead atoms. The topological polar surface area (TPSA) is 74.2 Å². The molecule has 1 heterocycles. The normalized spacial score (nSPS) is 14.7. The highest BCUT2D eigenvalue weighted by Gasteiger charge is 2.24.